The van der Waals surface area contributed by atoms with Gasteiger partial charge in [-0.05, 0) is 0 Å². The molecule has 1 heterocycles. The topological polar surface area (TPSA) is 129 Å². The van der Waals surface area contributed by atoms with Crippen LogP contribution in [0.2, 0.25) is 0 Å². The lowest BCUT2D eigenvalue weighted by molar-refractivity contribution is -0.385. The van der Waals surface area contributed by atoms with Gasteiger partial charge in [-0.15, -0.1) is 12.3 Å². The summed E-state index contributed by atoms with van der Waals surface area (Å²) in [6, 6.07) is 1.59. The molecule has 1 unspecified atom stereocenters. The number of carbonyl (C=O) groups is 1. The zero-order valence-electron chi connectivity index (χ0n) is 9.53. The minimum atomic E-state index is -1.21. The molecule has 8 nitrogen and oxygen atoms in total. The zero-order chi connectivity index (χ0) is 14.4. The van der Waals surface area contributed by atoms with Crippen molar-refractivity contribution in [2.24, 2.45) is 0 Å². The van der Waals surface area contributed by atoms with Crippen LogP contribution in [0.15, 0.2) is 12.3 Å². The third-order valence-corrected chi connectivity index (χ3v) is 2.14. The molecule has 8 heteroatoms. The van der Waals surface area contributed by atoms with E-state index in [0.717, 1.165) is 12.3 Å². The molecule has 0 aromatic carbocycles. The predicted molar refractivity (Wildman–Crippen MR) is 64.1 cm³/mol. The number of pyridine rings is 1. The van der Waals surface area contributed by atoms with Crippen LogP contribution in [0.3, 0.4) is 0 Å². The standard InChI is InChI=1S/C11H8N4O4/c1-2-3-9(11(16)17)14-10-7(5-12)4-8(6-13-10)15(18)19/h1,4,6,9H,3H2,(H,13,14)(H,16,17). The van der Waals surface area contributed by atoms with E-state index in [1.54, 1.807) is 6.07 Å². The number of nitrogens with one attached hydrogen (secondary N) is 1. The number of nitriles is 1. The average molecular weight is 260 g/mol. The van der Waals surface area contributed by atoms with Crippen molar-refractivity contribution >= 4 is 17.5 Å². The molecule has 0 aliphatic carbocycles. The second-order valence-corrected chi connectivity index (χ2v) is 3.40. The zero-order valence-corrected chi connectivity index (χ0v) is 9.53. The third kappa shape index (κ3) is 3.41. The van der Waals surface area contributed by atoms with Crippen molar-refractivity contribution in [2.45, 2.75) is 12.5 Å². The van der Waals surface area contributed by atoms with Crippen molar-refractivity contribution in [3.05, 3.63) is 27.9 Å². The van der Waals surface area contributed by atoms with Crippen LogP contribution in [0.4, 0.5) is 11.5 Å². The van der Waals surface area contributed by atoms with Crippen molar-refractivity contribution in [3.8, 4) is 18.4 Å². The lowest BCUT2D eigenvalue weighted by atomic mass is 10.2. The molecule has 0 radical (unpaired) electrons. The van der Waals surface area contributed by atoms with Crippen LogP contribution in [0, 0.1) is 33.8 Å². The van der Waals surface area contributed by atoms with Gasteiger partial charge < -0.3 is 10.4 Å². The van der Waals surface area contributed by atoms with Gasteiger partial charge in [0.25, 0.3) is 5.69 Å². The van der Waals surface area contributed by atoms with Crippen LogP contribution in [-0.2, 0) is 4.79 Å². The quantitative estimate of drug-likeness (QED) is 0.454. The fourth-order valence-electron chi connectivity index (χ4n) is 1.24. The van der Waals surface area contributed by atoms with Gasteiger partial charge in [0.2, 0.25) is 0 Å². The fraction of sp³-hybridized carbons (Fsp3) is 0.182. The smallest absolute Gasteiger partial charge is 0.327 e. The molecule has 1 aromatic rings. The lowest BCUT2D eigenvalue weighted by Gasteiger charge is -2.12. The van der Waals surface area contributed by atoms with Crippen LogP contribution in [0.5, 0.6) is 0 Å². The number of aromatic nitrogens is 1. The van der Waals surface area contributed by atoms with Gasteiger partial charge in [-0.3, -0.25) is 10.1 Å². The summed E-state index contributed by atoms with van der Waals surface area (Å²) >= 11 is 0. The van der Waals surface area contributed by atoms with Gasteiger partial charge >= 0.3 is 5.97 Å². The van der Waals surface area contributed by atoms with Crippen molar-refractivity contribution < 1.29 is 14.8 Å². The summed E-state index contributed by atoms with van der Waals surface area (Å²) in [5.74, 6) is 0.908. The Morgan fingerprint density at radius 3 is 2.89 bits per heavy atom. The lowest BCUT2D eigenvalue weighted by Crippen LogP contribution is -2.29. The molecule has 0 spiro atoms. The molecular formula is C11H8N4O4. The Labute approximate surface area is 107 Å². The van der Waals surface area contributed by atoms with E-state index in [-0.39, 0.29) is 23.5 Å². The second-order valence-electron chi connectivity index (χ2n) is 3.40. The number of hydrogen-bond acceptors (Lipinski definition) is 6. The van der Waals surface area contributed by atoms with Gasteiger partial charge in [0.05, 0.1) is 4.92 Å². The van der Waals surface area contributed by atoms with Gasteiger partial charge in [0.1, 0.15) is 29.7 Å². The molecule has 2 N–H and O–H groups in total. The normalized spacial score (nSPS) is 10.8. The third-order valence-electron chi connectivity index (χ3n) is 2.14. The Bertz CT molecular complexity index is 600. The number of terminal acetylenes is 1. The van der Waals surface area contributed by atoms with E-state index >= 15 is 0 Å². The molecule has 1 aromatic heterocycles. The molecule has 0 bridgehead atoms. The molecule has 0 saturated heterocycles. The fourth-order valence-corrected chi connectivity index (χ4v) is 1.24. The Hall–Kier alpha value is -3.13. The van der Waals surface area contributed by atoms with Crippen LogP contribution in [-0.4, -0.2) is 27.0 Å². The average Bonchev–Trinajstić information content (AvgIpc) is 2.38. The maximum Gasteiger partial charge on any atom is 0.327 e. The minimum absolute atomic E-state index is 0.0595. The summed E-state index contributed by atoms with van der Waals surface area (Å²) in [6.45, 7) is 0. The molecule has 0 saturated carbocycles. The van der Waals surface area contributed by atoms with E-state index in [2.05, 4.69) is 16.2 Å². The summed E-state index contributed by atoms with van der Waals surface area (Å²) in [7, 11) is 0. The predicted octanol–water partition coefficient (Wildman–Crippen LogP) is 0.750. The highest BCUT2D eigenvalue weighted by Crippen LogP contribution is 2.19. The molecule has 96 valence electrons. The van der Waals surface area contributed by atoms with Gasteiger partial charge in [-0.25, -0.2) is 9.78 Å². The number of nitro groups is 1. The molecule has 1 rings (SSSR count). The summed E-state index contributed by atoms with van der Waals surface area (Å²) in [6.07, 6.45) is 5.84. The summed E-state index contributed by atoms with van der Waals surface area (Å²) < 4.78 is 0. The highest BCUT2D eigenvalue weighted by atomic mass is 16.6. The Balaban J connectivity index is 3.08. The van der Waals surface area contributed by atoms with Crippen molar-refractivity contribution in [2.75, 3.05) is 5.32 Å². The number of aliphatic carboxylic acids is 1. The number of nitrogens with zero attached hydrogens (tertiary/aromatic N) is 3. The first kappa shape index (κ1) is 13.9. The van der Waals surface area contributed by atoms with Crippen molar-refractivity contribution in [1.29, 1.82) is 5.26 Å². The summed E-state index contributed by atoms with van der Waals surface area (Å²) in [4.78, 5) is 24.4. The second kappa shape index (κ2) is 5.98. The highest BCUT2D eigenvalue weighted by Gasteiger charge is 2.19. The van der Waals surface area contributed by atoms with E-state index in [4.69, 9.17) is 16.8 Å². The van der Waals surface area contributed by atoms with Crippen LogP contribution in [0.1, 0.15) is 12.0 Å². The summed E-state index contributed by atoms with van der Waals surface area (Å²) in [5.41, 5.74) is -0.483. The van der Waals surface area contributed by atoms with Gasteiger partial charge in [-0.2, -0.15) is 5.26 Å². The van der Waals surface area contributed by atoms with Crippen LogP contribution >= 0.6 is 0 Å². The van der Waals surface area contributed by atoms with Crippen LogP contribution in [0.25, 0.3) is 0 Å². The van der Waals surface area contributed by atoms with Crippen molar-refractivity contribution in [3.63, 3.8) is 0 Å². The first-order chi connectivity index (χ1) is 8.99. The molecular weight excluding hydrogens is 252 g/mol. The SMILES string of the molecule is C#CCC(Nc1ncc([N+](=O)[O-])cc1C#N)C(=O)O. The molecule has 1 atom stereocenters. The molecule has 19 heavy (non-hydrogen) atoms. The first-order valence-electron chi connectivity index (χ1n) is 4.97. The van der Waals surface area contributed by atoms with E-state index in [9.17, 15) is 14.9 Å². The maximum absolute atomic E-state index is 10.9. The minimum Gasteiger partial charge on any atom is -0.480 e. The Kier molecular flexibility index (Phi) is 4.39. The number of carboxylic acid groups (broad SMARTS) is 1. The molecule has 0 aliphatic heterocycles. The van der Waals surface area contributed by atoms with E-state index in [1.807, 2.05) is 0 Å². The van der Waals surface area contributed by atoms with Crippen LogP contribution < -0.4 is 5.32 Å². The molecule has 0 amide bonds. The largest absolute Gasteiger partial charge is 0.480 e. The number of hydrogen-bond donors (Lipinski definition) is 2. The number of rotatable bonds is 5. The van der Waals surface area contributed by atoms with E-state index in [0.29, 0.717) is 0 Å². The monoisotopic (exact) mass is 260 g/mol. The van der Waals surface area contributed by atoms with Gasteiger partial charge in [0, 0.05) is 12.5 Å². The Morgan fingerprint density at radius 1 is 1.74 bits per heavy atom. The number of anilines is 1. The Morgan fingerprint density at radius 2 is 2.42 bits per heavy atom. The molecule has 0 fully saturated rings. The number of carboxylic acids is 1. The van der Waals surface area contributed by atoms with E-state index < -0.39 is 16.9 Å². The van der Waals surface area contributed by atoms with E-state index in [1.165, 1.54) is 0 Å². The van der Waals surface area contributed by atoms with Crippen molar-refractivity contribution in [1.82, 2.24) is 4.98 Å². The van der Waals surface area contributed by atoms with Gasteiger partial charge in [-0.1, -0.05) is 0 Å². The maximum atomic E-state index is 10.9. The molecule has 0 aliphatic rings. The van der Waals surface area contributed by atoms with Gasteiger partial charge in [0.15, 0.2) is 0 Å². The highest BCUT2D eigenvalue weighted by molar-refractivity contribution is 5.78. The summed E-state index contributed by atoms with van der Waals surface area (Å²) in [5, 5.41) is 30.8. The first-order valence-corrected chi connectivity index (χ1v) is 4.97.